The number of carbonyl (C=O) groups excluding carboxylic acids is 1. The first-order valence-electron chi connectivity index (χ1n) is 6.76. The molecular formula is C14H18ClN5O. The average molecular weight is 308 g/mol. The van der Waals surface area contributed by atoms with Crippen molar-refractivity contribution < 1.29 is 4.79 Å². The van der Waals surface area contributed by atoms with E-state index in [1.807, 2.05) is 30.3 Å². The lowest BCUT2D eigenvalue weighted by atomic mass is 10.2. The number of carbonyl (C=O) groups is 1. The Hall–Kier alpha value is -1.92. The van der Waals surface area contributed by atoms with Gasteiger partial charge in [-0.05, 0) is 30.9 Å². The monoisotopic (exact) mass is 307 g/mol. The third-order valence-corrected chi connectivity index (χ3v) is 3.51. The molecule has 2 aromatic rings. The molecule has 0 aliphatic heterocycles. The molecule has 21 heavy (non-hydrogen) atoms. The minimum atomic E-state index is -0.213. The van der Waals surface area contributed by atoms with Crippen LogP contribution in [0.2, 0.25) is 0 Å². The summed E-state index contributed by atoms with van der Waals surface area (Å²) in [4.78, 5) is 12.1. The fourth-order valence-electron chi connectivity index (χ4n) is 2.18. The van der Waals surface area contributed by atoms with Crippen LogP contribution < -0.4 is 11.1 Å². The van der Waals surface area contributed by atoms with Gasteiger partial charge >= 0.3 is 0 Å². The van der Waals surface area contributed by atoms with E-state index in [2.05, 4.69) is 15.6 Å². The molecule has 1 amide bonds. The Kier molecular flexibility index (Phi) is 4.93. The molecular weight excluding hydrogens is 290 g/mol. The van der Waals surface area contributed by atoms with E-state index in [0.717, 1.165) is 18.5 Å². The smallest absolute Gasteiger partial charge is 0.273 e. The standard InChI is InChI=1S/C14H17N5O.ClH/c15-8-12(10-6-7-10)16-14(20)13-9-19(18-17-13)11-4-2-1-3-5-11;/h1-5,9-10,12H,6-8,15H2,(H,16,20);1H. The average Bonchev–Trinajstić information content (AvgIpc) is 3.21. The highest BCUT2D eigenvalue weighted by molar-refractivity contribution is 5.92. The van der Waals surface area contributed by atoms with Crippen molar-refractivity contribution in [2.24, 2.45) is 11.7 Å². The number of nitrogens with one attached hydrogen (secondary N) is 1. The fraction of sp³-hybridized carbons (Fsp3) is 0.357. The molecule has 1 aromatic heterocycles. The van der Waals surface area contributed by atoms with Crippen molar-refractivity contribution in [1.82, 2.24) is 20.3 Å². The Labute approximate surface area is 129 Å². The van der Waals surface area contributed by atoms with E-state index in [0.29, 0.717) is 18.2 Å². The van der Waals surface area contributed by atoms with Crippen LogP contribution in [0.25, 0.3) is 5.69 Å². The van der Waals surface area contributed by atoms with Crippen LogP contribution in [0.4, 0.5) is 0 Å². The first kappa shape index (κ1) is 15.5. The van der Waals surface area contributed by atoms with E-state index >= 15 is 0 Å². The number of nitrogens with two attached hydrogens (primary N) is 1. The van der Waals surface area contributed by atoms with Crippen LogP contribution in [0.1, 0.15) is 23.3 Å². The van der Waals surface area contributed by atoms with Gasteiger partial charge in [-0.25, -0.2) is 4.68 Å². The maximum atomic E-state index is 12.1. The molecule has 0 spiro atoms. The van der Waals surface area contributed by atoms with Crippen molar-refractivity contribution in [3.63, 3.8) is 0 Å². The highest BCUT2D eigenvalue weighted by Crippen LogP contribution is 2.32. The lowest BCUT2D eigenvalue weighted by molar-refractivity contribution is 0.0928. The van der Waals surface area contributed by atoms with Gasteiger partial charge in [0.15, 0.2) is 5.69 Å². The maximum Gasteiger partial charge on any atom is 0.273 e. The molecule has 7 heteroatoms. The summed E-state index contributed by atoms with van der Waals surface area (Å²) in [6.07, 6.45) is 3.91. The van der Waals surface area contributed by atoms with Gasteiger partial charge < -0.3 is 11.1 Å². The Morgan fingerprint density at radius 2 is 2.10 bits per heavy atom. The molecule has 1 aliphatic carbocycles. The molecule has 1 fully saturated rings. The van der Waals surface area contributed by atoms with E-state index in [1.54, 1.807) is 10.9 Å². The number of nitrogens with zero attached hydrogens (tertiary/aromatic N) is 3. The van der Waals surface area contributed by atoms with Crippen molar-refractivity contribution in [2.45, 2.75) is 18.9 Å². The molecule has 1 saturated carbocycles. The summed E-state index contributed by atoms with van der Waals surface area (Å²) in [5.41, 5.74) is 6.87. The minimum absolute atomic E-state index is 0. The molecule has 0 saturated heterocycles. The van der Waals surface area contributed by atoms with Gasteiger partial charge in [0, 0.05) is 12.6 Å². The van der Waals surface area contributed by atoms with Crippen LogP contribution in [-0.4, -0.2) is 33.5 Å². The second-order valence-electron chi connectivity index (χ2n) is 5.04. The first-order chi connectivity index (χ1) is 9.78. The second kappa shape index (κ2) is 6.69. The molecule has 3 rings (SSSR count). The highest BCUT2D eigenvalue weighted by atomic mass is 35.5. The normalized spacial score (nSPS) is 15.1. The third kappa shape index (κ3) is 3.59. The molecule has 0 bridgehead atoms. The number of hydrogen-bond acceptors (Lipinski definition) is 4. The van der Waals surface area contributed by atoms with E-state index in [9.17, 15) is 4.79 Å². The molecule has 1 heterocycles. The molecule has 1 aromatic carbocycles. The van der Waals surface area contributed by atoms with Crippen LogP contribution >= 0.6 is 12.4 Å². The summed E-state index contributed by atoms with van der Waals surface area (Å²) in [5.74, 6) is 0.308. The van der Waals surface area contributed by atoms with Crippen molar-refractivity contribution in [1.29, 1.82) is 0 Å². The van der Waals surface area contributed by atoms with Crippen LogP contribution in [0.3, 0.4) is 0 Å². The van der Waals surface area contributed by atoms with Crippen molar-refractivity contribution in [3.05, 3.63) is 42.2 Å². The molecule has 1 unspecified atom stereocenters. The summed E-state index contributed by atoms with van der Waals surface area (Å²) < 4.78 is 1.59. The summed E-state index contributed by atoms with van der Waals surface area (Å²) in [6.45, 7) is 0.462. The minimum Gasteiger partial charge on any atom is -0.346 e. The predicted molar refractivity (Wildman–Crippen MR) is 81.6 cm³/mol. The quantitative estimate of drug-likeness (QED) is 0.868. The lowest BCUT2D eigenvalue weighted by Crippen LogP contribution is -2.41. The van der Waals surface area contributed by atoms with Gasteiger partial charge in [0.25, 0.3) is 5.91 Å². The SMILES string of the molecule is Cl.NCC(NC(=O)c1cn(-c2ccccc2)nn1)C1CC1. The van der Waals surface area contributed by atoms with Crippen molar-refractivity contribution in [2.75, 3.05) is 6.54 Å². The van der Waals surface area contributed by atoms with Crippen LogP contribution in [0, 0.1) is 5.92 Å². The zero-order valence-electron chi connectivity index (χ0n) is 11.5. The van der Waals surface area contributed by atoms with Gasteiger partial charge in [-0.3, -0.25) is 4.79 Å². The number of rotatable bonds is 5. The van der Waals surface area contributed by atoms with Gasteiger partial charge in [0.2, 0.25) is 0 Å². The zero-order chi connectivity index (χ0) is 13.9. The third-order valence-electron chi connectivity index (χ3n) is 3.51. The summed E-state index contributed by atoms with van der Waals surface area (Å²) in [5, 5.41) is 10.8. The van der Waals surface area contributed by atoms with Crippen molar-refractivity contribution >= 4 is 18.3 Å². The lowest BCUT2D eigenvalue weighted by Gasteiger charge is -2.14. The van der Waals surface area contributed by atoms with E-state index in [-0.39, 0.29) is 24.4 Å². The molecule has 0 radical (unpaired) electrons. The van der Waals surface area contributed by atoms with Crippen LogP contribution in [-0.2, 0) is 0 Å². The summed E-state index contributed by atoms with van der Waals surface area (Å²) in [7, 11) is 0. The van der Waals surface area contributed by atoms with E-state index in [1.165, 1.54) is 0 Å². The fourth-order valence-corrected chi connectivity index (χ4v) is 2.18. The number of amides is 1. The topological polar surface area (TPSA) is 85.8 Å². The summed E-state index contributed by atoms with van der Waals surface area (Å²) >= 11 is 0. The number of aromatic nitrogens is 3. The van der Waals surface area contributed by atoms with E-state index in [4.69, 9.17) is 5.73 Å². The second-order valence-corrected chi connectivity index (χ2v) is 5.04. The van der Waals surface area contributed by atoms with Crippen LogP contribution in [0.15, 0.2) is 36.5 Å². The Balaban J connectivity index is 0.00000161. The van der Waals surface area contributed by atoms with E-state index < -0.39 is 0 Å². The van der Waals surface area contributed by atoms with Gasteiger partial charge in [-0.15, -0.1) is 17.5 Å². The predicted octanol–water partition coefficient (Wildman–Crippen LogP) is 1.16. The van der Waals surface area contributed by atoms with Crippen LogP contribution in [0.5, 0.6) is 0 Å². The van der Waals surface area contributed by atoms with Gasteiger partial charge in [0.05, 0.1) is 11.9 Å². The van der Waals surface area contributed by atoms with Gasteiger partial charge in [-0.2, -0.15) is 0 Å². The molecule has 1 atom stereocenters. The Bertz CT molecular complexity index is 596. The maximum absolute atomic E-state index is 12.1. The molecule has 1 aliphatic rings. The Morgan fingerprint density at radius 1 is 1.38 bits per heavy atom. The Morgan fingerprint density at radius 3 is 2.71 bits per heavy atom. The molecule has 3 N–H and O–H groups in total. The van der Waals surface area contributed by atoms with Crippen molar-refractivity contribution in [3.8, 4) is 5.69 Å². The number of para-hydroxylation sites is 1. The highest BCUT2D eigenvalue weighted by Gasteiger charge is 2.31. The zero-order valence-corrected chi connectivity index (χ0v) is 12.3. The summed E-state index contributed by atoms with van der Waals surface area (Å²) in [6, 6.07) is 9.61. The number of hydrogen-bond donors (Lipinski definition) is 2. The number of halogens is 1. The number of benzene rings is 1. The van der Waals surface area contributed by atoms with Gasteiger partial charge in [-0.1, -0.05) is 23.4 Å². The molecule has 6 nitrogen and oxygen atoms in total. The molecule has 112 valence electrons. The van der Waals surface area contributed by atoms with Gasteiger partial charge in [0.1, 0.15) is 0 Å². The first-order valence-corrected chi connectivity index (χ1v) is 6.76. The largest absolute Gasteiger partial charge is 0.346 e.